The summed E-state index contributed by atoms with van der Waals surface area (Å²) < 4.78 is 9.21. The Bertz CT molecular complexity index is 3110. The summed E-state index contributed by atoms with van der Waals surface area (Å²) in [5, 5.41) is 12.9. The standard InChI is InChI=1S/C47H30N4O/c1-2-13-30(14-3-1)45-48-46(34-25-24-29-12-4-5-15-31(29)26-34)50-47(49-45)37-20-11-23-42-43(37)36-19-10-22-40(44(36)52-42)51-39-21-9-8-18-35(39)38-27-32-16-6-7-17-33(32)28-41(38)51/h1-28,45H,(H,48,49,50). The van der Waals surface area contributed by atoms with Crippen LogP contribution in [0.1, 0.15) is 22.9 Å². The number of furan rings is 1. The maximum atomic E-state index is 6.86. The Morgan fingerprint density at radius 3 is 2.12 bits per heavy atom. The van der Waals surface area contributed by atoms with Crippen molar-refractivity contribution in [3.63, 3.8) is 0 Å². The van der Waals surface area contributed by atoms with Gasteiger partial charge in [-0.05, 0) is 63.5 Å². The van der Waals surface area contributed by atoms with Crippen LogP contribution >= 0.6 is 0 Å². The average Bonchev–Trinajstić information content (AvgIpc) is 3.75. The molecular formula is C47H30N4O. The third-order valence-corrected chi connectivity index (χ3v) is 10.4. The molecule has 2 aromatic heterocycles. The van der Waals surface area contributed by atoms with Crippen LogP contribution in [-0.4, -0.2) is 16.2 Å². The average molecular weight is 667 g/mol. The van der Waals surface area contributed by atoms with E-state index >= 15 is 0 Å². The number of para-hydroxylation sites is 2. The van der Waals surface area contributed by atoms with Gasteiger partial charge < -0.3 is 14.3 Å². The number of aliphatic imine (C=N–C) groups is 2. The SMILES string of the molecule is c1ccc(C2N=C(c3cccc4oc5c(-n6c7ccccc7c7cc8ccccc8cc76)cccc5c34)N=C(c3ccc4ccccc4c3)N2)cc1. The molecule has 3 heterocycles. The number of benzene rings is 8. The zero-order valence-electron chi connectivity index (χ0n) is 28.0. The Hall–Kier alpha value is -6.98. The first-order valence-electron chi connectivity index (χ1n) is 17.6. The smallest absolute Gasteiger partial charge is 0.160 e. The van der Waals surface area contributed by atoms with Crippen LogP contribution in [0.2, 0.25) is 0 Å². The molecule has 5 nitrogen and oxygen atoms in total. The Balaban J connectivity index is 1.14. The van der Waals surface area contributed by atoms with E-state index in [0.29, 0.717) is 5.84 Å². The molecule has 1 unspecified atom stereocenters. The van der Waals surface area contributed by atoms with Crippen molar-refractivity contribution in [1.82, 2.24) is 9.88 Å². The third-order valence-electron chi connectivity index (χ3n) is 10.4. The van der Waals surface area contributed by atoms with Crippen molar-refractivity contribution < 1.29 is 4.42 Å². The lowest BCUT2D eigenvalue weighted by Gasteiger charge is -2.24. The molecule has 52 heavy (non-hydrogen) atoms. The van der Waals surface area contributed by atoms with Gasteiger partial charge in [0.2, 0.25) is 0 Å². The van der Waals surface area contributed by atoms with Crippen molar-refractivity contribution in [2.75, 3.05) is 0 Å². The van der Waals surface area contributed by atoms with Gasteiger partial charge in [0.1, 0.15) is 17.6 Å². The van der Waals surface area contributed by atoms with Crippen LogP contribution in [-0.2, 0) is 0 Å². The quantitative estimate of drug-likeness (QED) is 0.203. The topological polar surface area (TPSA) is 54.8 Å². The number of hydrogen-bond acceptors (Lipinski definition) is 4. The lowest BCUT2D eigenvalue weighted by atomic mass is 10.0. The molecule has 0 saturated carbocycles. The minimum absolute atomic E-state index is 0.313. The second-order valence-corrected chi connectivity index (χ2v) is 13.4. The van der Waals surface area contributed by atoms with E-state index in [2.05, 4.69) is 162 Å². The molecule has 0 bridgehead atoms. The van der Waals surface area contributed by atoms with Gasteiger partial charge >= 0.3 is 0 Å². The minimum atomic E-state index is -0.313. The van der Waals surface area contributed by atoms with Crippen molar-refractivity contribution in [3.05, 3.63) is 187 Å². The summed E-state index contributed by atoms with van der Waals surface area (Å²) in [6.45, 7) is 0. The van der Waals surface area contributed by atoms with Gasteiger partial charge in [0.05, 0.1) is 16.7 Å². The van der Waals surface area contributed by atoms with Gasteiger partial charge in [-0.15, -0.1) is 0 Å². The van der Waals surface area contributed by atoms with Gasteiger partial charge in [0.25, 0.3) is 0 Å². The van der Waals surface area contributed by atoms with E-state index in [4.69, 9.17) is 14.4 Å². The van der Waals surface area contributed by atoms with Crippen molar-refractivity contribution >= 4 is 77.0 Å². The molecule has 0 aliphatic carbocycles. The molecule has 1 aliphatic heterocycles. The van der Waals surface area contributed by atoms with Crippen LogP contribution in [0.5, 0.6) is 0 Å². The van der Waals surface area contributed by atoms with E-state index in [1.165, 1.54) is 32.3 Å². The summed E-state index contributed by atoms with van der Waals surface area (Å²) in [6, 6.07) is 59.7. The van der Waals surface area contributed by atoms with E-state index < -0.39 is 0 Å². The number of hydrogen-bond donors (Lipinski definition) is 1. The van der Waals surface area contributed by atoms with Gasteiger partial charge in [-0.25, -0.2) is 9.98 Å². The monoisotopic (exact) mass is 666 g/mol. The lowest BCUT2D eigenvalue weighted by molar-refractivity contribution is 0.666. The van der Waals surface area contributed by atoms with Crippen LogP contribution < -0.4 is 5.32 Å². The Morgan fingerprint density at radius 1 is 0.538 bits per heavy atom. The van der Waals surface area contributed by atoms with Gasteiger partial charge in [0, 0.05) is 32.7 Å². The first-order chi connectivity index (χ1) is 25.8. The summed E-state index contributed by atoms with van der Waals surface area (Å²) in [7, 11) is 0. The predicted molar refractivity (Wildman–Crippen MR) is 215 cm³/mol. The van der Waals surface area contributed by atoms with E-state index in [0.717, 1.165) is 61.2 Å². The van der Waals surface area contributed by atoms with Crippen molar-refractivity contribution in [2.45, 2.75) is 6.17 Å². The highest BCUT2D eigenvalue weighted by Gasteiger charge is 2.25. The molecule has 1 atom stereocenters. The fourth-order valence-electron chi connectivity index (χ4n) is 7.97. The van der Waals surface area contributed by atoms with Crippen LogP contribution in [0.3, 0.4) is 0 Å². The van der Waals surface area contributed by atoms with Gasteiger partial charge in [0.15, 0.2) is 11.4 Å². The molecule has 1 aliphatic rings. The zero-order chi connectivity index (χ0) is 34.2. The number of nitrogens with zero attached hydrogens (tertiary/aromatic N) is 3. The second-order valence-electron chi connectivity index (χ2n) is 13.4. The molecular weight excluding hydrogens is 637 g/mol. The molecule has 8 aromatic carbocycles. The normalized spacial score (nSPS) is 14.7. The lowest BCUT2D eigenvalue weighted by Crippen LogP contribution is -2.33. The van der Waals surface area contributed by atoms with Crippen LogP contribution in [0.4, 0.5) is 0 Å². The number of rotatable bonds is 4. The fraction of sp³-hybridized carbons (Fsp3) is 0.0213. The highest BCUT2D eigenvalue weighted by molar-refractivity contribution is 6.23. The first kappa shape index (κ1) is 28.8. The summed E-state index contributed by atoms with van der Waals surface area (Å²) in [4.78, 5) is 10.5. The number of fused-ring (bicyclic) bond motifs is 8. The number of nitrogens with one attached hydrogen (secondary N) is 1. The molecule has 10 aromatic rings. The summed E-state index contributed by atoms with van der Waals surface area (Å²) in [6.07, 6.45) is -0.313. The highest BCUT2D eigenvalue weighted by Crippen LogP contribution is 2.40. The maximum Gasteiger partial charge on any atom is 0.160 e. The Morgan fingerprint density at radius 2 is 1.25 bits per heavy atom. The molecule has 244 valence electrons. The van der Waals surface area contributed by atoms with Crippen LogP contribution in [0.15, 0.2) is 184 Å². The second kappa shape index (κ2) is 11.3. The fourth-order valence-corrected chi connectivity index (χ4v) is 7.97. The maximum absolute atomic E-state index is 6.86. The summed E-state index contributed by atoms with van der Waals surface area (Å²) >= 11 is 0. The van der Waals surface area contributed by atoms with Crippen molar-refractivity contribution in [3.8, 4) is 5.69 Å². The molecule has 0 spiro atoms. The predicted octanol–water partition coefficient (Wildman–Crippen LogP) is 11.5. The van der Waals surface area contributed by atoms with Crippen molar-refractivity contribution in [1.29, 1.82) is 0 Å². The highest BCUT2D eigenvalue weighted by atomic mass is 16.3. The van der Waals surface area contributed by atoms with Crippen molar-refractivity contribution in [2.24, 2.45) is 9.98 Å². The van der Waals surface area contributed by atoms with E-state index in [-0.39, 0.29) is 6.17 Å². The van der Waals surface area contributed by atoms with Gasteiger partial charge in [-0.1, -0.05) is 133 Å². The molecule has 0 fully saturated rings. The molecule has 1 N–H and O–H groups in total. The van der Waals surface area contributed by atoms with E-state index in [9.17, 15) is 0 Å². The summed E-state index contributed by atoms with van der Waals surface area (Å²) in [5.41, 5.74) is 7.92. The summed E-state index contributed by atoms with van der Waals surface area (Å²) in [5.74, 6) is 1.45. The van der Waals surface area contributed by atoms with Crippen LogP contribution in [0, 0.1) is 0 Å². The van der Waals surface area contributed by atoms with E-state index in [1.807, 2.05) is 18.2 Å². The number of aromatic nitrogens is 1. The van der Waals surface area contributed by atoms with Gasteiger partial charge in [-0.3, -0.25) is 0 Å². The van der Waals surface area contributed by atoms with Crippen LogP contribution in [0.25, 0.3) is 71.0 Å². The number of amidine groups is 2. The van der Waals surface area contributed by atoms with E-state index in [1.54, 1.807) is 0 Å². The molecule has 11 rings (SSSR count). The minimum Gasteiger partial charge on any atom is -0.454 e. The zero-order valence-corrected chi connectivity index (χ0v) is 28.0. The van der Waals surface area contributed by atoms with Gasteiger partial charge in [-0.2, -0.15) is 0 Å². The Kier molecular flexibility index (Phi) is 6.25. The largest absolute Gasteiger partial charge is 0.454 e. The third kappa shape index (κ3) is 4.42. The Labute approximate surface area is 298 Å². The molecule has 0 amide bonds. The first-order valence-corrected chi connectivity index (χ1v) is 17.6. The molecule has 5 heteroatoms. The molecule has 0 saturated heterocycles. The molecule has 0 radical (unpaired) electrons.